The quantitative estimate of drug-likeness (QED) is 0.281. The largest absolute Gasteiger partial charge is 0.460 e. The fourth-order valence-corrected chi connectivity index (χ4v) is 6.78. The zero-order valence-corrected chi connectivity index (χ0v) is 37.4. The Morgan fingerprint density at radius 3 is 1.97 bits per heavy atom. The van der Waals surface area contributed by atoms with Crippen LogP contribution in [-0.2, 0) is 49.5 Å². The fraction of sp³-hybridized carbons (Fsp3) is 0.659. The van der Waals surface area contributed by atoms with Gasteiger partial charge in [0.25, 0.3) is 5.91 Å². The first-order chi connectivity index (χ1) is 28.0. The summed E-state index contributed by atoms with van der Waals surface area (Å²) in [4.78, 5) is 97.9. The Hall–Kier alpha value is -4.86. The van der Waals surface area contributed by atoms with Crippen LogP contribution in [-0.4, -0.2) is 120 Å². The molecule has 60 heavy (non-hydrogen) atoms. The number of nitrogens with one attached hydrogen (secondary N) is 3. The van der Waals surface area contributed by atoms with Crippen LogP contribution in [0.25, 0.3) is 0 Å². The number of rotatable bonds is 8. The van der Waals surface area contributed by atoms with Gasteiger partial charge in [-0.05, 0) is 69.1 Å². The molecule has 1 unspecified atom stereocenters. The molecular weight excluding hydrogens is 778 g/mol. The van der Waals surface area contributed by atoms with Gasteiger partial charge in [0.05, 0.1) is 12.6 Å². The fourth-order valence-electron chi connectivity index (χ4n) is 6.78. The van der Waals surface area contributed by atoms with Crippen LogP contribution in [0.4, 0.5) is 4.39 Å². The molecule has 336 valence electrons. The van der Waals surface area contributed by atoms with E-state index in [-0.39, 0.29) is 36.7 Å². The molecule has 15 nitrogen and oxygen atoms in total. The molecule has 4 N–H and O–H groups in total. The van der Waals surface area contributed by atoms with Gasteiger partial charge in [-0.2, -0.15) is 0 Å². The standard InChI is InChI=1S/C44H68FN5O10/c1-13-25(5)37-40(54)47-30(10)44(58)60-38(26(6)14-2)28(8)34(51)20-15-27(7)43(57)59-35(21-24(3)4)39(53)46-29(9)41(55)50(12)33(22-31-16-18-32(45)19-17-31)42(56)49(11)23-36(52)48-37/h15-19,24-26,28-30,33-35,37-38,51H,13-14,20-23H2,1-12H3,(H,46,53)(H,47,54)(H,48,52)/b27-15+/t25?,26-,28-,29-,30+,33+,34-,35+,37-,38+/m0/s1. The molecule has 0 saturated carbocycles. The number of aliphatic hydroxyl groups is 1. The van der Waals surface area contributed by atoms with E-state index in [4.69, 9.17) is 9.47 Å². The van der Waals surface area contributed by atoms with Gasteiger partial charge in [0, 0.05) is 32.0 Å². The summed E-state index contributed by atoms with van der Waals surface area (Å²) in [5, 5.41) is 19.2. The van der Waals surface area contributed by atoms with E-state index in [9.17, 15) is 43.1 Å². The van der Waals surface area contributed by atoms with Gasteiger partial charge < -0.3 is 40.3 Å². The summed E-state index contributed by atoms with van der Waals surface area (Å²) in [7, 11) is 2.73. The summed E-state index contributed by atoms with van der Waals surface area (Å²) in [6.45, 7) is 16.6. The first kappa shape index (κ1) is 51.3. The van der Waals surface area contributed by atoms with E-state index in [0.29, 0.717) is 18.4 Å². The first-order valence-corrected chi connectivity index (χ1v) is 20.9. The molecule has 0 fully saturated rings. The molecule has 0 spiro atoms. The maximum Gasteiger partial charge on any atom is 0.334 e. The van der Waals surface area contributed by atoms with E-state index in [0.717, 1.165) is 9.80 Å². The van der Waals surface area contributed by atoms with E-state index in [1.54, 1.807) is 13.8 Å². The third-order valence-corrected chi connectivity index (χ3v) is 11.2. The van der Waals surface area contributed by atoms with Crippen molar-refractivity contribution in [3.63, 3.8) is 0 Å². The zero-order valence-electron chi connectivity index (χ0n) is 37.4. The van der Waals surface area contributed by atoms with Crippen molar-refractivity contribution in [3.05, 3.63) is 47.3 Å². The summed E-state index contributed by atoms with van der Waals surface area (Å²) >= 11 is 0. The highest BCUT2D eigenvalue weighted by atomic mass is 19.1. The van der Waals surface area contributed by atoms with Crippen molar-refractivity contribution in [2.24, 2.45) is 23.7 Å². The van der Waals surface area contributed by atoms with Crippen LogP contribution in [0.15, 0.2) is 35.9 Å². The molecule has 1 heterocycles. The lowest BCUT2D eigenvalue weighted by atomic mass is 9.86. The Balaban J connectivity index is 2.62. The average Bonchev–Trinajstić information content (AvgIpc) is 3.20. The lowest BCUT2D eigenvalue weighted by molar-refractivity contribution is -0.161. The van der Waals surface area contributed by atoms with Crippen LogP contribution in [0.1, 0.15) is 100 Å². The molecule has 0 aromatic heterocycles. The number of benzene rings is 1. The molecule has 0 saturated heterocycles. The predicted molar refractivity (Wildman–Crippen MR) is 223 cm³/mol. The number of hydrogen-bond acceptors (Lipinski definition) is 10. The molecule has 1 aliphatic rings. The Kier molecular flexibility index (Phi) is 20.3. The highest BCUT2D eigenvalue weighted by molar-refractivity contribution is 5.96. The van der Waals surface area contributed by atoms with Crippen LogP contribution < -0.4 is 16.0 Å². The van der Waals surface area contributed by atoms with Gasteiger partial charge in [-0.25, -0.2) is 14.0 Å². The second-order valence-electron chi connectivity index (χ2n) is 16.7. The second kappa shape index (κ2) is 23.8. The summed E-state index contributed by atoms with van der Waals surface area (Å²) < 4.78 is 25.4. The van der Waals surface area contributed by atoms with Crippen molar-refractivity contribution < 1.29 is 52.5 Å². The summed E-state index contributed by atoms with van der Waals surface area (Å²) in [6.07, 6.45) is -0.542. The van der Waals surface area contributed by atoms with Crippen LogP contribution in [0, 0.1) is 29.5 Å². The Bertz CT molecular complexity index is 1690. The molecule has 1 aromatic carbocycles. The monoisotopic (exact) mass is 845 g/mol. The number of hydrogen-bond donors (Lipinski definition) is 4. The lowest BCUT2D eigenvalue weighted by Crippen LogP contribution is -2.57. The number of ether oxygens (including phenoxy) is 2. The number of likely N-dealkylation sites (N-methyl/N-ethyl adjacent to an activating group) is 2. The number of halogens is 1. The van der Waals surface area contributed by atoms with Gasteiger partial charge in [-0.15, -0.1) is 0 Å². The van der Waals surface area contributed by atoms with Crippen molar-refractivity contribution in [1.82, 2.24) is 25.8 Å². The molecule has 0 bridgehead atoms. The van der Waals surface area contributed by atoms with Crippen molar-refractivity contribution >= 4 is 41.5 Å². The molecule has 0 aliphatic carbocycles. The van der Waals surface area contributed by atoms with Crippen molar-refractivity contribution in [2.45, 2.75) is 144 Å². The zero-order chi connectivity index (χ0) is 45.6. The SMILES string of the molecule is CCC(C)[C@@H]1NC(=O)CN(C)C(=O)[C@@H](Cc2ccc(F)cc2)N(C)C(=O)[C@H](C)NC(=O)[C@@H](CC(C)C)OC(=O)/C(C)=C/C[C@H](O)[C@H](C)[C@@H]([C@@H](C)CC)OC(=O)[C@@H](C)NC1=O. The summed E-state index contributed by atoms with van der Waals surface area (Å²) in [6, 6.07) is 0.683. The van der Waals surface area contributed by atoms with Crippen LogP contribution in [0.3, 0.4) is 0 Å². The Morgan fingerprint density at radius 2 is 1.40 bits per heavy atom. The van der Waals surface area contributed by atoms with Crippen LogP contribution >= 0.6 is 0 Å². The van der Waals surface area contributed by atoms with Crippen LogP contribution in [0.5, 0.6) is 0 Å². The van der Waals surface area contributed by atoms with Crippen molar-refractivity contribution in [3.8, 4) is 0 Å². The average molecular weight is 846 g/mol. The maximum atomic E-state index is 14.1. The minimum atomic E-state index is -1.29. The maximum absolute atomic E-state index is 14.1. The number of cyclic esters (lactones) is 2. The van der Waals surface area contributed by atoms with Gasteiger partial charge in [-0.1, -0.05) is 79.5 Å². The summed E-state index contributed by atoms with van der Waals surface area (Å²) in [5.74, 6) is -6.77. The number of carbonyl (C=O) groups is 7. The molecule has 16 heteroatoms. The van der Waals surface area contributed by atoms with Gasteiger partial charge in [0.15, 0.2) is 6.10 Å². The van der Waals surface area contributed by atoms with Crippen molar-refractivity contribution in [2.75, 3.05) is 20.6 Å². The molecule has 1 aromatic rings. The number of amides is 5. The molecule has 1 aliphatic heterocycles. The minimum absolute atomic E-state index is 0.0128. The van der Waals surface area contributed by atoms with E-state index in [1.807, 2.05) is 34.6 Å². The van der Waals surface area contributed by atoms with E-state index < -0.39 is 108 Å². The van der Waals surface area contributed by atoms with Crippen LogP contribution in [0.2, 0.25) is 0 Å². The van der Waals surface area contributed by atoms with Gasteiger partial charge in [-0.3, -0.25) is 24.0 Å². The van der Waals surface area contributed by atoms with Gasteiger partial charge in [0.2, 0.25) is 23.6 Å². The number of aliphatic hydroxyl groups excluding tert-OH is 1. The van der Waals surface area contributed by atoms with E-state index in [2.05, 4.69) is 16.0 Å². The smallest absolute Gasteiger partial charge is 0.334 e. The Morgan fingerprint density at radius 1 is 0.817 bits per heavy atom. The molecule has 2 rings (SSSR count). The summed E-state index contributed by atoms with van der Waals surface area (Å²) in [5.41, 5.74) is 0.630. The van der Waals surface area contributed by atoms with E-state index >= 15 is 0 Å². The number of carbonyl (C=O) groups excluding carboxylic acids is 7. The van der Waals surface area contributed by atoms with Gasteiger partial charge >= 0.3 is 11.9 Å². The highest BCUT2D eigenvalue weighted by Crippen LogP contribution is 2.26. The predicted octanol–water partition coefficient (Wildman–Crippen LogP) is 3.46. The topological polar surface area (TPSA) is 201 Å². The van der Waals surface area contributed by atoms with E-state index in [1.165, 1.54) is 65.2 Å². The lowest BCUT2D eigenvalue weighted by Gasteiger charge is -2.33. The molecule has 5 amide bonds. The first-order valence-electron chi connectivity index (χ1n) is 20.9. The Labute approximate surface area is 354 Å². The minimum Gasteiger partial charge on any atom is -0.460 e. The third kappa shape index (κ3) is 15.0. The normalized spacial score (nSPS) is 28.8. The highest BCUT2D eigenvalue weighted by Gasteiger charge is 2.37. The number of esters is 2. The van der Waals surface area contributed by atoms with Crippen molar-refractivity contribution in [1.29, 1.82) is 0 Å². The molecular formula is C44H68FN5O10. The third-order valence-electron chi connectivity index (χ3n) is 11.2. The van der Waals surface area contributed by atoms with Gasteiger partial charge in [0.1, 0.15) is 36.1 Å². The molecule has 0 radical (unpaired) electrons. The number of nitrogens with zero attached hydrogens (tertiary/aromatic N) is 2. The second-order valence-corrected chi connectivity index (χ2v) is 16.7. The molecule has 10 atom stereocenters.